The minimum absolute atomic E-state index is 0.219. The van der Waals surface area contributed by atoms with Crippen molar-refractivity contribution < 1.29 is 19.4 Å². The fourth-order valence-electron chi connectivity index (χ4n) is 2.13. The van der Waals surface area contributed by atoms with Crippen molar-refractivity contribution >= 4 is 23.7 Å². The normalized spacial score (nSPS) is 24.8. The van der Waals surface area contributed by atoms with Crippen LogP contribution in [0.5, 0.6) is 0 Å². The maximum Gasteiger partial charge on any atom is 0.415 e. The quantitative estimate of drug-likeness (QED) is 0.807. The molecule has 0 fully saturated rings. The predicted octanol–water partition coefficient (Wildman–Crippen LogP) is 3.27. The SMILES string of the molecule is CC(C)(C)OC(=O)N1CC=C2C=C(Cl)C(C)(C(=O)O)C=C21. The van der Waals surface area contributed by atoms with E-state index in [1.165, 1.54) is 17.9 Å². The fourth-order valence-corrected chi connectivity index (χ4v) is 2.38. The molecule has 114 valence electrons. The van der Waals surface area contributed by atoms with E-state index in [0.717, 1.165) is 5.57 Å². The Morgan fingerprint density at radius 1 is 1.43 bits per heavy atom. The number of hydrogen-bond donors (Lipinski definition) is 1. The summed E-state index contributed by atoms with van der Waals surface area (Å²) >= 11 is 6.08. The van der Waals surface area contributed by atoms with Gasteiger partial charge in [0.1, 0.15) is 11.0 Å². The number of carboxylic acids is 1. The van der Waals surface area contributed by atoms with Crippen molar-refractivity contribution in [2.75, 3.05) is 6.54 Å². The number of carbonyl (C=O) groups excluding carboxylic acids is 1. The van der Waals surface area contributed by atoms with Crippen LogP contribution in [0.1, 0.15) is 27.7 Å². The summed E-state index contributed by atoms with van der Waals surface area (Å²) in [4.78, 5) is 25.1. The first-order valence-corrected chi connectivity index (χ1v) is 6.97. The van der Waals surface area contributed by atoms with Crippen molar-refractivity contribution in [2.45, 2.75) is 33.3 Å². The molecule has 1 N–H and O–H groups in total. The molecule has 0 saturated carbocycles. The van der Waals surface area contributed by atoms with Gasteiger partial charge in [0.25, 0.3) is 0 Å². The molecule has 0 spiro atoms. The fraction of sp³-hybridized carbons (Fsp3) is 0.467. The lowest BCUT2D eigenvalue weighted by Gasteiger charge is -2.30. The maximum absolute atomic E-state index is 12.2. The molecule has 1 aliphatic carbocycles. The second-order valence-electron chi connectivity index (χ2n) is 6.28. The van der Waals surface area contributed by atoms with Crippen molar-refractivity contribution in [1.82, 2.24) is 4.90 Å². The van der Waals surface area contributed by atoms with E-state index in [1.54, 1.807) is 26.8 Å². The van der Waals surface area contributed by atoms with Crippen LogP contribution < -0.4 is 0 Å². The third kappa shape index (κ3) is 2.83. The summed E-state index contributed by atoms with van der Waals surface area (Å²) in [5, 5.41) is 9.59. The molecular weight excluding hydrogens is 294 g/mol. The zero-order chi connectivity index (χ0) is 16.0. The molecule has 1 aliphatic heterocycles. The average Bonchev–Trinajstić information content (AvgIpc) is 2.70. The lowest BCUT2D eigenvalue weighted by molar-refractivity contribution is -0.143. The Morgan fingerprint density at radius 2 is 2.05 bits per heavy atom. The lowest BCUT2D eigenvalue weighted by atomic mass is 9.83. The summed E-state index contributed by atoms with van der Waals surface area (Å²) in [7, 11) is 0. The van der Waals surface area contributed by atoms with Crippen LogP contribution in [-0.4, -0.2) is 34.2 Å². The Balaban J connectivity index is 2.33. The number of nitrogens with zero attached hydrogens (tertiary/aromatic N) is 1. The van der Waals surface area contributed by atoms with Gasteiger partial charge in [-0.15, -0.1) is 0 Å². The maximum atomic E-state index is 12.2. The molecule has 0 saturated heterocycles. The first-order chi connectivity index (χ1) is 9.54. The molecule has 0 aromatic rings. The third-order valence-corrected chi connectivity index (χ3v) is 3.84. The standard InChI is InChI=1S/C15H18ClNO4/c1-14(2,3)21-13(20)17-6-5-9-7-11(16)15(4,12(18)19)8-10(9)17/h5,7-8H,6H2,1-4H3,(H,18,19). The number of aliphatic carboxylic acids is 1. The Labute approximate surface area is 128 Å². The van der Waals surface area contributed by atoms with Gasteiger partial charge in [-0.05, 0) is 45.4 Å². The van der Waals surface area contributed by atoms with E-state index in [2.05, 4.69) is 0 Å². The van der Waals surface area contributed by atoms with Gasteiger partial charge in [-0.25, -0.2) is 4.79 Å². The van der Waals surface area contributed by atoms with Gasteiger partial charge in [0.05, 0.1) is 5.70 Å². The number of carbonyl (C=O) groups is 2. The van der Waals surface area contributed by atoms with Gasteiger partial charge in [-0.2, -0.15) is 0 Å². The van der Waals surface area contributed by atoms with E-state index >= 15 is 0 Å². The van der Waals surface area contributed by atoms with E-state index in [4.69, 9.17) is 16.3 Å². The topological polar surface area (TPSA) is 66.8 Å². The first-order valence-electron chi connectivity index (χ1n) is 6.59. The van der Waals surface area contributed by atoms with E-state index in [1.807, 2.05) is 6.08 Å². The lowest BCUT2D eigenvalue weighted by Crippen LogP contribution is -2.37. The largest absolute Gasteiger partial charge is 0.480 e. The summed E-state index contributed by atoms with van der Waals surface area (Å²) in [6.07, 6.45) is 4.41. The van der Waals surface area contributed by atoms with Gasteiger partial charge in [0.15, 0.2) is 0 Å². The van der Waals surface area contributed by atoms with Gasteiger partial charge >= 0.3 is 12.1 Å². The molecule has 0 aromatic carbocycles. The van der Waals surface area contributed by atoms with Gasteiger partial charge in [0.2, 0.25) is 0 Å². The average molecular weight is 312 g/mol. The number of carboxylic acid groups (broad SMARTS) is 1. The summed E-state index contributed by atoms with van der Waals surface area (Å²) < 4.78 is 5.34. The van der Waals surface area contributed by atoms with Crippen molar-refractivity contribution in [3.63, 3.8) is 0 Å². The van der Waals surface area contributed by atoms with Gasteiger partial charge in [-0.3, -0.25) is 9.69 Å². The van der Waals surface area contributed by atoms with Crippen molar-refractivity contribution in [3.05, 3.63) is 34.5 Å². The van der Waals surface area contributed by atoms with Crippen molar-refractivity contribution in [3.8, 4) is 0 Å². The summed E-state index contributed by atoms with van der Waals surface area (Å²) in [5.74, 6) is -1.06. The second-order valence-corrected chi connectivity index (χ2v) is 6.69. The molecule has 0 aromatic heterocycles. The Morgan fingerprint density at radius 3 is 2.57 bits per heavy atom. The van der Waals surface area contributed by atoms with Crippen LogP contribution in [0.3, 0.4) is 0 Å². The molecule has 1 atom stereocenters. The monoisotopic (exact) mass is 311 g/mol. The molecule has 6 heteroatoms. The van der Waals surface area contributed by atoms with Crippen molar-refractivity contribution in [2.24, 2.45) is 5.41 Å². The molecule has 2 rings (SSSR count). The van der Waals surface area contributed by atoms with Crippen LogP contribution in [-0.2, 0) is 9.53 Å². The number of hydrogen-bond acceptors (Lipinski definition) is 3. The highest BCUT2D eigenvalue weighted by Gasteiger charge is 2.41. The smallest absolute Gasteiger partial charge is 0.415 e. The minimum atomic E-state index is -1.33. The number of halogens is 1. The van der Waals surface area contributed by atoms with Crippen LogP contribution >= 0.6 is 11.6 Å². The Bertz CT molecular complexity index is 597. The van der Waals surface area contributed by atoms with Gasteiger partial charge in [0, 0.05) is 11.6 Å². The zero-order valence-electron chi connectivity index (χ0n) is 12.4. The highest BCUT2D eigenvalue weighted by Crippen LogP contribution is 2.42. The molecule has 1 unspecified atom stereocenters. The van der Waals surface area contributed by atoms with Crippen LogP contribution in [0.15, 0.2) is 34.5 Å². The molecule has 0 bridgehead atoms. The first kappa shape index (κ1) is 15.6. The summed E-state index contributed by atoms with van der Waals surface area (Å²) in [6.45, 7) is 7.18. The molecule has 21 heavy (non-hydrogen) atoms. The van der Waals surface area contributed by atoms with E-state index < -0.39 is 23.1 Å². The number of amides is 1. The number of ether oxygens (including phenoxy) is 1. The van der Waals surface area contributed by atoms with Gasteiger partial charge in [-0.1, -0.05) is 17.7 Å². The number of fused-ring (bicyclic) bond motifs is 1. The summed E-state index contributed by atoms with van der Waals surface area (Å²) in [5.41, 5.74) is -0.680. The minimum Gasteiger partial charge on any atom is -0.480 e. The van der Waals surface area contributed by atoms with Crippen LogP contribution in [0.4, 0.5) is 4.79 Å². The molecule has 1 amide bonds. The number of rotatable bonds is 1. The van der Waals surface area contributed by atoms with E-state index in [-0.39, 0.29) is 5.03 Å². The second kappa shape index (κ2) is 4.91. The molecule has 2 aliphatic rings. The van der Waals surface area contributed by atoms with Crippen LogP contribution in [0.25, 0.3) is 0 Å². The predicted molar refractivity (Wildman–Crippen MR) is 78.8 cm³/mol. The van der Waals surface area contributed by atoms with E-state index in [9.17, 15) is 14.7 Å². The number of allylic oxidation sites excluding steroid dienone is 1. The molecular formula is C15H18ClNO4. The van der Waals surface area contributed by atoms with Crippen LogP contribution in [0, 0.1) is 5.41 Å². The molecule has 0 radical (unpaired) electrons. The van der Waals surface area contributed by atoms with Crippen molar-refractivity contribution in [1.29, 1.82) is 0 Å². The van der Waals surface area contributed by atoms with Gasteiger partial charge < -0.3 is 9.84 Å². The van der Waals surface area contributed by atoms with Crippen LogP contribution in [0.2, 0.25) is 0 Å². The van der Waals surface area contributed by atoms with E-state index in [0.29, 0.717) is 12.2 Å². The molecule has 1 heterocycles. The zero-order valence-corrected chi connectivity index (χ0v) is 13.2. The highest BCUT2D eigenvalue weighted by molar-refractivity contribution is 6.32. The highest BCUT2D eigenvalue weighted by atomic mass is 35.5. The summed E-state index contributed by atoms with van der Waals surface area (Å²) in [6, 6.07) is 0. The Hall–Kier alpha value is -1.75. The Kier molecular flexibility index (Phi) is 3.66. The molecule has 5 nitrogen and oxygen atoms in total. The third-order valence-electron chi connectivity index (χ3n) is 3.34.